The number of rotatable bonds is 8. The molecule has 1 heterocycles. The molecule has 114 valence electrons. The zero-order valence-electron chi connectivity index (χ0n) is 13.0. The van der Waals surface area contributed by atoms with Gasteiger partial charge in [0.1, 0.15) is 0 Å². The molecule has 19 heavy (non-hydrogen) atoms. The molecule has 0 radical (unpaired) electrons. The summed E-state index contributed by atoms with van der Waals surface area (Å²) in [7, 11) is -2.74. The Kier molecular flexibility index (Phi) is 6.92. The van der Waals surface area contributed by atoms with E-state index in [1.807, 2.05) is 20.8 Å². The van der Waals surface area contributed by atoms with Crippen molar-refractivity contribution in [2.24, 2.45) is 0 Å². The number of nitrogens with zero attached hydrogens (tertiary/aromatic N) is 1. The van der Waals surface area contributed by atoms with Gasteiger partial charge in [-0.2, -0.15) is 0 Å². The van der Waals surface area contributed by atoms with Crippen LogP contribution in [0.25, 0.3) is 0 Å². The topological polar surface area (TPSA) is 40.2 Å². The second-order valence-electron chi connectivity index (χ2n) is 5.01. The van der Waals surface area contributed by atoms with Gasteiger partial charge in [-0.15, -0.1) is 0 Å². The van der Waals surface area contributed by atoms with E-state index in [1.54, 1.807) is 0 Å². The van der Waals surface area contributed by atoms with Crippen LogP contribution in [0.4, 0.5) is 0 Å². The third-order valence-corrected chi connectivity index (χ3v) is 7.38. The predicted molar refractivity (Wildman–Crippen MR) is 77.1 cm³/mol. The summed E-state index contributed by atoms with van der Waals surface area (Å²) in [6.07, 6.45) is 0. The van der Waals surface area contributed by atoms with Crippen molar-refractivity contribution in [3.05, 3.63) is 0 Å². The maximum atomic E-state index is 6.04. The lowest BCUT2D eigenvalue weighted by atomic mass is 10.3. The van der Waals surface area contributed by atoms with Gasteiger partial charge >= 0.3 is 8.80 Å². The average Bonchev–Trinajstić information content (AvgIpc) is 2.40. The Labute approximate surface area is 118 Å². The highest BCUT2D eigenvalue weighted by Gasteiger charge is 2.58. The normalized spacial score (nSPS) is 18.8. The van der Waals surface area contributed by atoms with Crippen LogP contribution in [0.15, 0.2) is 0 Å². The first kappa shape index (κ1) is 17.1. The summed E-state index contributed by atoms with van der Waals surface area (Å²) in [5.41, 5.74) is 0. The number of hydrogen-bond acceptors (Lipinski definition) is 5. The molecular weight excluding hydrogens is 262 g/mol. The summed E-state index contributed by atoms with van der Waals surface area (Å²) in [4.78, 5) is 2.38. The van der Waals surface area contributed by atoms with E-state index in [-0.39, 0.29) is 5.16 Å². The summed E-state index contributed by atoms with van der Waals surface area (Å²) in [6.45, 7) is 15.5. The third-order valence-electron chi connectivity index (χ3n) is 3.55. The molecule has 1 rings (SSSR count). The quantitative estimate of drug-likeness (QED) is 0.636. The molecule has 0 saturated carbocycles. The van der Waals surface area contributed by atoms with Crippen molar-refractivity contribution < 1.29 is 18.0 Å². The lowest BCUT2D eigenvalue weighted by Gasteiger charge is -2.48. The molecule has 1 fully saturated rings. The molecule has 6 heteroatoms. The van der Waals surface area contributed by atoms with Crippen LogP contribution in [0, 0.1) is 0 Å². The van der Waals surface area contributed by atoms with E-state index in [2.05, 4.69) is 18.7 Å². The Morgan fingerprint density at radius 2 is 1.37 bits per heavy atom. The minimum absolute atomic E-state index is 0.237. The van der Waals surface area contributed by atoms with E-state index in [0.29, 0.717) is 19.8 Å². The third kappa shape index (κ3) is 3.77. The van der Waals surface area contributed by atoms with Crippen LogP contribution in [0.3, 0.4) is 0 Å². The van der Waals surface area contributed by atoms with Crippen LogP contribution >= 0.6 is 0 Å². The standard InChI is InChI=1S/C13H29NO4Si/c1-6-16-19(17-7-2,18-8-3)13(4,5)14-9-11-15-12-10-14/h6-12H2,1-5H3. The van der Waals surface area contributed by atoms with Crippen LogP contribution in [-0.2, 0) is 18.0 Å². The molecule has 0 spiro atoms. The average molecular weight is 291 g/mol. The molecule has 1 aliphatic heterocycles. The molecule has 0 N–H and O–H groups in total. The van der Waals surface area contributed by atoms with Crippen molar-refractivity contribution in [1.29, 1.82) is 0 Å². The van der Waals surface area contributed by atoms with Gasteiger partial charge in [-0.3, -0.25) is 4.90 Å². The van der Waals surface area contributed by atoms with Gasteiger partial charge in [-0.05, 0) is 34.6 Å². The first-order chi connectivity index (χ1) is 9.04. The van der Waals surface area contributed by atoms with Crippen LogP contribution in [0.2, 0.25) is 0 Å². The minimum Gasteiger partial charge on any atom is -0.379 e. The van der Waals surface area contributed by atoms with Gasteiger partial charge in [-0.25, -0.2) is 0 Å². The highest BCUT2D eigenvalue weighted by atomic mass is 28.4. The first-order valence-electron chi connectivity index (χ1n) is 7.28. The van der Waals surface area contributed by atoms with E-state index < -0.39 is 8.80 Å². The predicted octanol–water partition coefficient (Wildman–Crippen LogP) is 1.68. The van der Waals surface area contributed by atoms with Crippen molar-refractivity contribution in [1.82, 2.24) is 4.90 Å². The van der Waals surface area contributed by atoms with E-state index in [4.69, 9.17) is 18.0 Å². The molecule has 1 aliphatic rings. The highest BCUT2D eigenvalue weighted by molar-refractivity contribution is 6.64. The van der Waals surface area contributed by atoms with Crippen molar-refractivity contribution in [3.63, 3.8) is 0 Å². The van der Waals surface area contributed by atoms with Crippen molar-refractivity contribution in [3.8, 4) is 0 Å². The molecule has 0 aliphatic carbocycles. The second-order valence-corrected chi connectivity index (χ2v) is 8.22. The van der Waals surface area contributed by atoms with Gasteiger partial charge in [0.05, 0.1) is 18.4 Å². The molecule has 0 bridgehead atoms. The van der Waals surface area contributed by atoms with Gasteiger partial charge in [0.2, 0.25) is 0 Å². The van der Waals surface area contributed by atoms with Crippen LogP contribution in [0.1, 0.15) is 34.6 Å². The summed E-state index contributed by atoms with van der Waals surface area (Å²) < 4.78 is 23.6. The van der Waals surface area contributed by atoms with E-state index >= 15 is 0 Å². The molecule has 5 nitrogen and oxygen atoms in total. The Bertz CT molecular complexity index is 240. The zero-order chi connectivity index (χ0) is 14.4. The first-order valence-corrected chi connectivity index (χ1v) is 9.01. The minimum atomic E-state index is -2.74. The fraction of sp³-hybridized carbons (Fsp3) is 1.00. The molecule has 0 unspecified atom stereocenters. The molecule has 0 aromatic heterocycles. The molecule has 0 aromatic rings. The molecule has 1 saturated heterocycles. The van der Waals surface area contributed by atoms with Crippen molar-refractivity contribution in [2.75, 3.05) is 46.1 Å². The Balaban J connectivity index is 2.96. The van der Waals surface area contributed by atoms with Gasteiger partial charge in [0, 0.05) is 32.9 Å². The maximum Gasteiger partial charge on any atom is 0.521 e. The zero-order valence-corrected chi connectivity index (χ0v) is 14.0. The summed E-state index contributed by atoms with van der Waals surface area (Å²) in [5.74, 6) is 0. The molecule has 0 amide bonds. The fourth-order valence-corrected chi connectivity index (χ4v) is 5.60. The molecular formula is C13H29NO4Si. The second kappa shape index (κ2) is 7.71. The lowest BCUT2D eigenvalue weighted by molar-refractivity contribution is -0.0339. The summed E-state index contributed by atoms with van der Waals surface area (Å²) >= 11 is 0. The van der Waals surface area contributed by atoms with Crippen LogP contribution in [0.5, 0.6) is 0 Å². The summed E-state index contributed by atoms with van der Waals surface area (Å²) in [6, 6.07) is 0. The van der Waals surface area contributed by atoms with Gasteiger partial charge < -0.3 is 18.0 Å². The SMILES string of the molecule is CCO[Si](OCC)(OCC)C(C)(C)N1CCOCC1. The largest absolute Gasteiger partial charge is 0.521 e. The molecule has 0 aromatic carbocycles. The summed E-state index contributed by atoms with van der Waals surface area (Å²) in [5, 5.41) is -0.237. The Hall–Kier alpha value is 0.0169. The van der Waals surface area contributed by atoms with E-state index in [1.165, 1.54) is 0 Å². The molecule has 0 atom stereocenters. The lowest BCUT2D eigenvalue weighted by Crippen LogP contribution is -2.70. The van der Waals surface area contributed by atoms with Crippen molar-refractivity contribution in [2.45, 2.75) is 39.8 Å². The van der Waals surface area contributed by atoms with Gasteiger partial charge in [0.15, 0.2) is 0 Å². The van der Waals surface area contributed by atoms with Crippen LogP contribution < -0.4 is 0 Å². The van der Waals surface area contributed by atoms with E-state index in [9.17, 15) is 0 Å². The Morgan fingerprint density at radius 3 is 1.74 bits per heavy atom. The highest BCUT2D eigenvalue weighted by Crippen LogP contribution is 2.31. The Morgan fingerprint density at radius 1 is 0.947 bits per heavy atom. The maximum absolute atomic E-state index is 6.04. The van der Waals surface area contributed by atoms with Crippen LogP contribution in [-0.4, -0.2) is 65.0 Å². The van der Waals surface area contributed by atoms with Crippen molar-refractivity contribution >= 4 is 8.80 Å². The fourth-order valence-electron chi connectivity index (χ4n) is 2.54. The number of ether oxygens (including phenoxy) is 1. The number of morpholine rings is 1. The monoisotopic (exact) mass is 291 g/mol. The number of hydrogen-bond donors (Lipinski definition) is 0. The van der Waals surface area contributed by atoms with Gasteiger partial charge in [-0.1, -0.05) is 0 Å². The van der Waals surface area contributed by atoms with Gasteiger partial charge in [0.25, 0.3) is 0 Å². The van der Waals surface area contributed by atoms with E-state index in [0.717, 1.165) is 26.3 Å². The smallest absolute Gasteiger partial charge is 0.379 e.